The molecule has 4 aromatic rings. The van der Waals surface area contributed by atoms with Crippen LogP contribution in [0.2, 0.25) is 0 Å². The predicted molar refractivity (Wildman–Crippen MR) is 97.8 cm³/mol. The molecule has 0 saturated heterocycles. The normalized spacial score (nSPS) is 12.0. The van der Waals surface area contributed by atoms with Crippen molar-refractivity contribution >= 4 is 11.6 Å². The van der Waals surface area contributed by atoms with Gasteiger partial charge in [0.25, 0.3) is 0 Å². The number of nitrogens with zero attached hydrogens (tertiary/aromatic N) is 5. The number of nitriles is 1. The zero-order valence-electron chi connectivity index (χ0n) is 13.7. The van der Waals surface area contributed by atoms with Crippen molar-refractivity contribution in [2.75, 3.05) is 5.73 Å². The Labute approximate surface area is 149 Å². The van der Waals surface area contributed by atoms with Crippen LogP contribution in [-0.2, 0) is 0 Å². The third-order valence-corrected chi connectivity index (χ3v) is 4.09. The average molecular weight is 341 g/mol. The highest BCUT2D eigenvalue weighted by Gasteiger charge is 2.17. The fourth-order valence-electron chi connectivity index (χ4n) is 2.77. The summed E-state index contributed by atoms with van der Waals surface area (Å²) in [6.07, 6.45) is 0. The van der Waals surface area contributed by atoms with E-state index in [-0.39, 0.29) is 5.95 Å². The minimum atomic E-state index is -0.458. The topological polar surface area (TPSA) is 119 Å². The zero-order chi connectivity index (χ0) is 18.1. The number of rotatable bonds is 3. The summed E-state index contributed by atoms with van der Waals surface area (Å²) in [5.41, 5.74) is 15.8. The number of nitrogens with two attached hydrogens (primary N) is 2. The lowest BCUT2D eigenvalue weighted by Crippen LogP contribution is -2.13. The molecule has 2 heterocycles. The molecule has 1 atom stereocenters. The molecule has 2 aromatic heterocycles. The summed E-state index contributed by atoms with van der Waals surface area (Å²) >= 11 is 0. The van der Waals surface area contributed by atoms with Crippen LogP contribution in [0.4, 0.5) is 5.95 Å². The van der Waals surface area contributed by atoms with E-state index in [4.69, 9.17) is 16.7 Å². The van der Waals surface area contributed by atoms with Crippen LogP contribution in [0.15, 0.2) is 60.7 Å². The largest absolute Gasteiger partial charge is 0.368 e. The molecule has 126 valence electrons. The smallest absolute Gasteiger partial charge is 0.223 e. The van der Waals surface area contributed by atoms with Gasteiger partial charge in [0.1, 0.15) is 0 Å². The molecule has 0 amide bonds. The molecule has 1 unspecified atom stereocenters. The molecule has 0 aliphatic rings. The molecule has 0 fully saturated rings. The van der Waals surface area contributed by atoms with Crippen LogP contribution in [-0.4, -0.2) is 19.6 Å². The van der Waals surface area contributed by atoms with Crippen molar-refractivity contribution in [3.63, 3.8) is 0 Å². The van der Waals surface area contributed by atoms with Crippen molar-refractivity contribution < 1.29 is 0 Å². The van der Waals surface area contributed by atoms with Crippen molar-refractivity contribution in [2.24, 2.45) is 5.73 Å². The van der Waals surface area contributed by atoms with Crippen LogP contribution in [0.5, 0.6) is 0 Å². The molecule has 0 bridgehead atoms. The Morgan fingerprint density at radius 2 is 1.81 bits per heavy atom. The lowest BCUT2D eigenvalue weighted by Gasteiger charge is -2.06. The van der Waals surface area contributed by atoms with E-state index in [9.17, 15) is 0 Å². The Morgan fingerprint density at radius 1 is 1.00 bits per heavy atom. The quantitative estimate of drug-likeness (QED) is 0.590. The predicted octanol–water partition coefficient (Wildman–Crippen LogP) is 2.29. The fourth-order valence-corrected chi connectivity index (χ4v) is 2.77. The van der Waals surface area contributed by atoms with E-state index in [1.54, 1.807) is 24.3 Å². The van der Waals surface area contributed by atoms with E-state index in [1.807, 2.05) is 36.4 Å². The van der Waals surface area contributed by atoms with Crippen LogP contribution < -0.4 is 11.5 Å². The summed E-state index contributed by atoms with van der Waals surface area (Å²) in [6.45, 7) is 0. The standard InChI is InChI=1S/C19H15N7/c20-11-12-5-4-8-14(9-12)15-10-16-24-18(25-26(16)19(22)23-15)17(21)13-6-2-1-3-7-13/h1-10,17H,21H2,(H2,22,23). The van der Waals surface area contributed by atoms with Crippen LogP contribution in [0.3, 0.4) is 0 Å². The van der Waals surface area contributed by atoms with Gasteiger partial charge in [0.15, 0.2) is 11.5 Å². The Hall–Kier alpha value is -3.76. The Morgan fingerprint density at radius 3 is 2.58 bits per heavy atom. The summed E-state index contributed by atoms with van der Waals surface area (Å²) < 4.78 is 1.47. The van der Waals surface area contributed by atoms with Crippen molar-refractivity contribution in [2.45, 2.75) is 6.04 Å². The van der Waals surface area contributed by atoms with Crippen molar-refractivity contribution in [1.29, 1.82) is 5.26 Å². The SMILES string of the molecule is N#Cc1cccc(-c2cc3nc(C(N)c4ccccc4)nn3c(N)n2)c1. The molecule has 4 rings (SSSR count). The van der Waals surface area contributed by atoms with Gasteiger partial charge < -0.3 is 11.5 Å². The summed E-state index contributed by atoms with van der Waals surface area (Å²) in [5, 5.41) is 13.5. The third kappa shape index (κ3) is 2.75. The van der Waals surface area contributed by atoms with Crippen LogP contribution in [0, 0.1) is 11.3 Å². The first-order valence-corrected chi connectivity index (χ1v) is 8.00. The number of nitrogen functional groups attached to an aromatic ring is 1. The Bertz CT molecular complexity index is 1130. The second kappa shape index (κ2) is 6.27. The summed E-state index contributed by atoms with van der Waals surface area (Å²) in [4.78, 5) is 8.90. The van der Waals surface area contributed by atoms with E-state index in [0.29, 0.717) is 22.7 Å². The van der Waals surface area contributed by atoms with Crippen LogP contribution in [0.1, 0.15) is 23.0 Å². The molecule has 7 nitrogen and oxygen atoms in total. The molecule has 0 spiro atoms. The first-order valence-electron chi connectivity index (χ1n) is 8.00. The molecule has 2 aromatic carbocycles. The zero-order valence-corrected chi connectivity index (χ0v) is 13.7. The fraction of sp³-hybridized carbons (Fsp3) is 0.0526. The van der Waals surface area contributed by atoms with Gasteiger partial charge in [-0.25, -0.2) is 9.97 Å². The monoisotopic (exact) mass is 341 g/mol. The molecule has 0 aliphatic heterocycles. The summed E-state index contributed by atoms with van der Waals surface area (Å²) in [7, 11) is 0. The maximum absolute atomic E-state index is 9.07. The van der Waals surface area contributed by atoms with Gasteiger partial charge >= 0.3 is 0 Å². The molecule has 26 heavy (non-hydrogen) atoms. The Kier molecular flexibility index (Phi) is 3.80. The van der Waals surface area contributed by atoms with Crippen molar-refractivity contribution in [1.82, 2.24) is 19.6 Å². The highest BCUT2D eigenvalue weighted by molar-refractivity contribution is 5.66. The third-order valence-electron chi connectivity index (χ3n) is 4.09. The average Bonchev–Trinajstić information content (AvgIpc) is 3.13. The minimum Gasteiger partial charge on any atom is -0.368 e. The molecular formula is C19H15N7. The minimum absolute atomic E-state index is 0.207. The lowest BCUT2D eigenvalue weighted by molar-refractivity contribution is 0.771. The van der Waals surface area contributed by atoms with E-state index in [1.165, 1.54) is 4.52 Å². The maximum atomic E-state index is 9.07. The van der Waals surface area contributed by atoms with E-state index in [2.05, 4.69) is 21.1 Å². The van der Waals surface area contributed by atoms with Gasteiger partial charge in [-0.3, -0.25) is 0 Å². The van der Waals surface area contributed by atoms with Gasteiger partial charge in [-0.1, -0.05) is 42.5 Å². The number of hydrogen-bond acceptors (Lipinski definition) is 6. The number of fused-ring (bicyclic) bond motifs is 1. The summed E-state index contributed by atoms with van der Waals surface area (Å²) in [5.74, 6) is 0.673. The summed E-state index contributed by atoms with van der Waals surface area (Å²) in [6, 6.07) is 20.2. The van der Waals surface area contributed by atoms with Crippen LogP contribution >= 0.6 is 0 Å². The molecule has 0 radical (unpaired) electrons. The molecule has 7 heteroatoms. The highest BCUT2D eigenvalue weighted by Crippen LogP contribution is 2.23. The van der Waals surface area contributed by atoms with E-state index < -0.39 is 6.04 Å². The number of anilines is 1. The first-order chi connectivity index (χ1) is 12.7. The lowest BCUT2D eigenvalue weighted by atomic mass is 10.1. The second-order valence-corrected chi connectivity index (χ2v) is 5.82. The number of hydrogen-bond donors (Lipinski definition) is 2. The first kappa shape index (κ1) is 15.7. The maximum Gasteiger partial charge on any atom is 0.223 e. The van der Waals surface area contributed by atoms with Gasteiger partial charge in [0, 0.05) is 11.6 Å². The number of aromatic nitrogens is 4. The van der Waals surface area contributed by atoms with Crippen molar-refractivity contribution in [3.8, 4) is 17.3 Å². The Balaban J connectivity index is 1.79. The van der Waals surface area contributed by atoms with Gasteiger partial charge in [-0.15, -0.1) is 5.10 Å². The van der Waals surface area contributed by atoms with E-state index in [0.717, 1.165) is 11.1 Å². The van der Waals surface area contributed by atoms with Gasteiger partial charge in [-0.2, -0.15) is 9.78 Å². The van der Waals surface area contributed by atoms with Gasteiger partial charge in [0.2, 0.25) is 5.95 Å². The highest BCUT2D eigenvalue weighted by atomic mass is 15.4. The second-order valence-electron chi connectivity index (χ2n) is 5.82. The molecule has 4 N–H and O–H groups in total. The van der Waals surface area contributed by atoms with Gasteiger partial charge in [-0.05, 0) is 17.7 Å². The van der Waals surface area contributed by atoms with Crippen molar-refractivity contribution in [3.05, 3.63) is 77.6 Å². The van der Waals surface area contributed by atoms with Crippen LogP contribution in [0.25, 0.3) is 16.9 Å². The van der Waals surface area contributed by atoms with Gasteiger partial charge in [0.05, 0.1) is 23.4 Å². The molecule has 0 aliphatic carbocycles. The molecule has 0 saturated carbocycles. The van der Waals surface area contributed by atoms with E-state index >= 15 is 0 Å². The number of benzene rings is 2. The molecular weight excluding hydrogens is 326 g/mol.